The van der Waals surface area contributed by atoms with Gasteiger partial charge in [-0.3, -0.25) is 0 Å². The van der Waals surface area contributed by atoms with Crippen LogP contribution in [-0.4, -0.2) is 25.4 Å². The van der Waals surface area contributed by atoms with Gasteiger partial charge >= 0.3 is 0 Å². The lowest BCUT2D eigenvalue weighted by molar-refractivity contribution is 0.414. The van der Waals surface area contributed by atoms with Crippen molar-refractivity contribution >= 4 is 11.8 Å². The molecule has 1 rings (SSSR count). The van der Waals surface area contributed by atoms with E-state index in [1.165, 1.54) is 4.90 Å². The number of nitrogens with zero attached hydrogens (tertiary/aromatic N) is 1. The molecule has 1 unspecified atom stereocenters. The fourth-order valence-corrected chi connectivity index (χ4v) is 2.38. The highest BCUT2D eigenvalue weighted by molar-refractivity contribution is 7.99. The van der Waals surface area contributed by atoms with Crippen molar-refractivity contribution in [2.75, 3.05) is 19.9 Å². The van der Waals surface area contributed by atoms with Crippen LogP contribution in [0, 0.1) is 11.3 Å². The minimum absolute atomic E-state index is 0.402. The average molecular weight is 264 g/mol. The van der Waals surface area contributed by atoms with Gasteiger partial charge < -0.3 is 10.1 Å². The molecule has 0 amide bonds. The molecule has 0 spiro atoms. The summed E-state index contributed by atoms with van der Waals surface area (Å²) in [7, 11) is 3.50. The molecule has 0 aliphatic heterocycles. The van der Waals surface area contributed by atoms with Crippen LogP contribution >= 0.6 is 11.8 Å². The molecule has 0 heterocycles. The third-order valence-corrected chi connectivity index (χ3v) is 4.05. The molecule has 1 aromatic rings. The summed E-state index contributed by atoms with van der Waals surface area (Å²) in [6.07, 6.45) is 1.88. The molecular formula is C14H20N2OS. The van der Waals surface area contributed by atoms with Crippen LogP contribution in [0.15, 0.2) is 29.2 Å². The minimum Gasteiger partial charge on any atom is -0.497 e. The Labute approximate surface area is 114 Å². The summed E-state index contributed by atoms with van der Waals surface area (Å²) in [5.74, 6) is 1.90. The smallest absolute Gasteiger partial charge is 0.118 e. The molecule has 0 bridgehead atoms. The zero-order valence-electron chi connectivity index (χ0n) is 11.2. The van der Waals surface area contributed by atoms with Crippen molar-refractivity contribution in [3.8, 4) is 11.8 Å². The predicted molar refractivity (Wildman–Crippen MR) is 76.0 cm³/mol. The van der Waals surface area contributed by atoms with Crippen LogP contribution in [-0.2, 0) is 0 Å². The van der Waals surface area contributed by atoms with Crippen molar-refractivity contribution in [3.63, 3.8) is 0 Å². The summed E-state index contributed by atoms with van der Waals surface area (Å²) in [5, 5.41) is 12.1. The Balaban J connectivity index is 2.31. The molecule has 0 aliphatic carbocycles. The normalized spacial score (nSPS) is 13.7. The lowest BCUT2D eigenvalue weighted by Gasteiger charge is -2.20. The first-order chi connectivity index (χ1) is 8.63. The number of nitrogens with one attached hydrogen (secondary N) is 1. The van der Waals surface area contributed by atoms with Crippen LogP contribution in [0.25, 0.3) is 0 Å². The Morgan fingerprint density at radius 2 is 2.06 bits per heavy atom. The number of hydrogen-bond acceptors (Lipinski definition) is 4. The van der Waals surface area contributed by atoms with E-state index in [-0.39, 0.29) is 0 Å². The van der Waals surface area contributed by atoms with E-state index >= 15 is 0 Å². The molecule has 0 aliphatic rings. The van der Waals surface area contributed by atoms with Crippen LogP contribution in [0.4, 0.5) is 0 Å². The monoisotopic (exact) mass is 264 g/mol. The topological polar surface area (TPSA) is 45.0 Å². The molecule has 3 nitrogen and oxygen atoms in total. The maximum atomic E-state index is 9.03. The van der Waals surface area contributed by atoms with Crippen molar-refractivity contribution in [1.82, 2.24) is 5.32 Å². The Morgan fingerprint density at radius 3 is 2.56 bits per heavy atom. The third kappa shape index (κ3) is 4.59. The fourth-order valence-electron chi connectivity index (χ4n) is 1.52. The van der Waals surface area contributed by atoms with Gasteiger partial charge in [0.05, 0.1) is 13.2 Å². The molecule has 0 radical (unpaired) electrons. The standard InChI is InChI=1S/C14H20N2OS/c1-14(11-15,16-2)9-4-10-18-13-7-5-12(17-3)6-8-13/h5-8,16H,4,9-10H2,1-3H3. The molecule has 0 saturated carbocycles. The van der Waals surface area contributed by atoms with Crippen LogP contribution in [0.1, 0.15) is 19.8 Å². The molecule has 98 valence electrons. The Hall–Kier alpha value is -1.18. The van der Waals surface area contributed by atoms with Crippen molar-refractivity contribution in [2.45, 2.75) is 30.2 Å². The summed E-state index contributed by atoms with van der Waals surface area (Å²) in [6, 6.07) is 10.4. The largest absolute Gasteiger partial charge is 0.497 e. The number of benzene rings is 1. The zero-order chi connectivity index (χ0) is 13.4. The quantitative estimate of drug-likeness (QED) is 0.607. The second-order valence-electron chi connectivity index (χ2n) is 4.32. The SMILES string of the molecule is CNC(C)(C#N)CCCSc1ccc(OC)cc1. The van der Waals surface area contributed by atoms with Crippen molar-refractivity contribution in [1.29, 1.82) is 5.26 Å². The molecule has 1 N–H and O–H groups in total. The van der Waals surface area contributed by atoms with Crippen LogP contribution < -0.4 is 10.1 Å². The first-order valence-electron chi connectivity index (χ1n) is 6.00. The molecule has 0 fully saturated rings. The van der Waals surface area contributed by atoms with Gasteiger partial charge in [-0.25, -0.2) is 0 Å². The van der Waals surface area contributed by atoms with Crippen molar-refractivity contribution in [2.24, 2.45) is 0 Å². The molecule has 0 saturated heterocycles. The second kappa shape index (κ2) is 7.30. The van der Waals surface area contributed by atoms with Crippen LogP contribution in [0.3, 0.4) is 0 Å². The molecule has 0 aromatic heterocycles. The minimum atomic E-state index is -0.402. The number of methoxy groups -OCH3 is 1. The van der Waals surface area contributed by atoms with Gasteiger partial charge in [0, 0.05) is 4.90 Å². The highest BCUT2D eigenvalue weighted by Gasteiger charge is 2.19. The van der Waals surface area contributed by atoms with E-state index in [4.69, 9.17) is 10.00 Å². The van der Waals surface area contributed by atoms with Gasteiger partial charge in [0.25, 0.3) is 0 Å². The summed E-state index contributed by atoms with van der Waals surface area (Å²) in [4.78, 5) is 1.24. The van der Waals surface area contributed by atoms with Gasteiger partial charge in [-0.05, 0) is 56.8 Å². The summed E-state index contributed by atoms with van der Waals surface area (Å²) < 4.78 is 5.12. The molecule has 18 heavy (non-hydrogen) atoms. The summed E-state index contributed by atoms with van der Waals surface area (Å²) in [5.41, 5.74) is -0.402. The van der Waals surface area contributed by atoms with Crippen molar-refractivity contribution < 1.29 is 4.74 Å². The van der Waals surface area contributed by atoms with E-state index in [0.29, 0.717) is 0 Å². The molecular weight excluding hydrogens is 244 g/mol. The Bertz CT molecular complexity index is 399. The third-order valence-electron chi connectivity index (χ3n) is 2.95. The van der Waals surface area contributed by atoms with E-state index < -0.39 is 5.54 Å². The molecule has 1 aromatic carbocycles. The maximum absolute atomic E-state index is 9.03. The maximum Gasteiger partial charge on any atom is 0.118 e. The van der Waals surface area contributed by atoms with Gasteiger partial charge in [0.15, 0.2) is 0 Å². The van der Waals surface area contributed by atoms with Crippen LogP contribution in [0.2, 0.25) is 0 Å². The van der Waals surface area contributed by atoms with E-state index in [9.17, 15) is 0 Å². The Morgan fingerprint density at radius 1 is 1.39 bits per heavy atom. The van der Waals surface area contributed by atoms with Gasteiger partial charge in [-0.2, -0.15) is 5.26 Å². The summed E-state index contributed by atoms with van der Waals surface area (Å²) in [6.45, 7) is 1.94. The molecule has 1 atom stereocenters. The predicted octanol–water partition coefficient (Wildman–Crippen LogP) is 3.07. The number of ether oxygens (including phenoxy) is 1. The second-order valence-corrected chi connectivity index (χ2v) is 5.49. The first-order valence-corrected chi connectivity index (χ1v) is 6.99. The van der Waals surface area contributed by atoms with E-state index in [2.05, 4.69) is 23.5 Å². The van der Waals surface area contributed by atoms with E-state index in [1.54, 1.807) is 7.11 Å². The number of thioether (sulfide) groups is 1. The number of nitriles is 1. The van der Waals surface area contributed by atoms with Crippen LogP contribution in [0.5, 0.6) is 5.75 Å². The van der Waals surface area contributed by atoms with E-state index in [0.717, 1.165) is 24.3 Å². The lowest BCUT2D eigenvalue weighted by Crippen LogP contribution is -2.37. The molecule has 4 heteroatoms. The van der Waals surface area contributed by atoms with E-state index in [1.807, 2.05) is 37.9 Å². The van der Waals surface area contributed by atoms with Gasteiger partial charge in [0.2, 0.25) is 0 Å². The highest BCUT2D eigenvalue weighted by Crippen LogP contribution is 2.23. The average Bonchev–Trinajstić information content (AvgIpc) is 2.44. The van der Waals surface area contributed by atoms with Gasteiger partial charge in [0.1, 0.15) is 11.3 Å². The number of rotatable bonds is 7. The van der Waals surface area contributed by atoms with Gasteiger partial charge in [-0.15, -0.1) is 11.8 Å². The number of hydrogen-bond donors (Lipinski definition) is 1. The summed E-state index contributed by atoms with van der Waals surface area (Å²) >= 11 is 1.81. The lowest BCUT2D eigenvalue weighted by atomic mass is 9.99. The Kier molecular flexibility index (Phi) is 6.03. The van der Waals surface area contributed by atoms with Crippen molar-refractivity contribution in [3.05, 3.63) is 24.3 Å². The first kappa shape index (κ1) is 14.9. The zero-order valence-corrected chi connectivity index (χ0v) is 12.0. The highest BCUT2D eigenvalue weighted by atomic mass is 32.2. The van der Waals surface area contributed by atoms with Gasteiger partial charge in [-0.1, -0.05) is 0 Å². The fraction of sp³-hybridized carbons (Fsp3) is 0.500.